The van der Waals surface area contributed by atoms with Gasteiger partial charge in [-0.3, -0.25) is 0 Å². The standard InChI is InChI=1S/C15H11NO3/c16-10-2-1-3-11-4-6-12(7-5-11)13-8-9-14(19-13)15(17)18/h1,3-9H,2H2,(H,17,18). The van der Waals surface area contributed by atoms with Gasteiger partial charge in [-0.25, -0.2) is 4.79 Å². The van der Waals surface area contributed by atoms with Gasteiger partial charge in [0.25, 0.3) is 0 Å². The monoisotopic (exact) mass is 253 g/mol. The van der Waals surface area contributed by atoms with E-state index in [1.807, 2.05) is 36.4 Å². The number of carboxylic acid groups (broad SMARTS) is 1. The Hall–Kier alpha value is -2.80. The minimum Gasteiger partial charge on any atom is -0.475 e. The molecular weight excluding hydrogens is 242 g/mol. The van der Waals surface area contributed by atoms with Gasteiger partial charge < -0.3 is 9.52 Å². The zero-order chi connectivity index (χ0) is 13.7. The topological polar surface area (TPSA) is 74.2 Å². The van der Waals surface area contributed by atoms with E-state index < -0.39 is 5.97 Å². The lowest BCUT2D eigenvalue weighted by Gasteiger charge is -1.98. The predicted molar refractivity (Wildman–Crippen MR) is 70.4 cm³/mol. The summed E-state index contributed by atoms with van der Waals surface area (Å²) >= 11 is 0. The third-order valence-electron chi connectivity index (χ3n) is 2.53. The summed E-state index contributed by atoms with van der Waals surface area (Å²) in [5.74, 6) is -0.639. The van der Waals surface area contributed by atoms with Crippen molar-refractivity contribution in [3.8, 4) is 17.4 Å². The lowest BCUT2D eigenvalue weighted by atomic mass is 10.1. The quantitative estimate of drug-likeness (QED) is 0.903. The number of allylic oxidation sites excluding steroid dienone is 1. The summed E-state index contributed by atoms with van der Waals surface area (Å²) in [5, 5.41) is 17.2. The Morgan fingerprint density at radius 2 is 2.00 bits per heavy atom. The van der Waals surface area contributed by atoms with Crippen LogP contribution in [0.3, 0.4) is 0 Å². The van der Waals surface area contributed by atoms with Gasteiger partial charge >= 0.3 is 5.97 Å². The van der Waals surface area contributed by atoms with Crippen LogP contribution in [0.15, 0.2) is 46.9 Å². The molecule has 0 spiro atoms. The molecule has 0 bridgehead atoms. The van der Waals surface area contributed by atoms with E-state index in [4.69, 9.17) is 14.8 Å². The maximum Gasteiger partial charge on any atom is 0.371 e. The highest BCUT2D eigenvalue weighted by molar-refractivity contribution is 5.85. The van der Waals surface area contributed by atoms with E-state index >= 15 is 0 Å². The number of carbonyl (C=O) groups is 1. The molecule has 0 unspecified atom stereocenters. The van der Waals surface area contributed by atoms with Crippen LogP contribution < -0.4 is 0 Å². The molecule has 4 nitrogen and oxygen atoms in total. The van der Waals surface area contributed by atoms with Gasteiger partial charge in [0.2, 0.25) is 5.76 Å². The number of rotatable bonds is 4. The first-order chi connectivity index (χ1) is 9.20. The molecule has 0 aliphatic rings. The van der Waals surface area contributed by atoms with E-state index in [1.54, 1.807) is 12.1 Å². The second-order valence-electron chi connectivity index (χ2n) is 3.86. The zero-order valence-electron chi connectivity index (χ0n) is 10.0. The second-order valence-corrected chi connectivity index (χ2v) is 3.86. The molecule has 2 rings (SSSR count). The van der Waals surface area contributed by atoms with E-state index in [9.17, 15) is 4.79 Å². The van der Waals surface area contributed by atoms with E-state index in [0.29, 0.717) is 12.2 Å². The van der Waals surface area contributed by atoms with Crippen LogP contribution >= 0.6 is 0 Å². The zero-order valence-corrected chi connectivity index (χ0v) is 10.0. The molecule has 0 radical (unpaired) electrons. The molecular formula is C15H11NO3. The minimum absolute atomic E-state index is 0.0759. The van der Waals surface area contributed by atoms with Crippen LogP contribution in [0.1, 0.15) is 22.5 Å². The van der Waals surface area contributed by atoms with Gasteiger partial charge in [-0.15, -0.1) is 0 Å². The molecule has 1 aromatic carbocycles. The Balaban J connectivity index is 2.18. The number of hydrogen-bond acceptors (Lipinski definition) is 3. The van der Waals surface area contributed by atoms with Crippen LogP contribution in [0.25, 0.3) is 17.4 Å². The first kappa shape index (κ1) is 12.7. The molecule has 4 heteroatoms. The third kappa shape index (κ3) is 3.11. The molecule has 2 aromatic rings. The van der Waals surface area contributed by atoms with Gasteiger partial charge in [-0.2, -0.15) is 5.26 Å². The van der Waals surface area contributed by atoms with Gasteiger partial charge in [-0.05, 0) is 17.7 Å². The summed E-state index contributed by atoms with van der Waals surface area (Å²) in [6.07, 6.45) is 4.02. The van der Waals surface area contributed by atoms with E-state index in [1.165, 1.54) is 6.07 Å². The normalized spacial score (nSPS) is 10.5. The summed E-state index contributed by atoms with van der Waals surface area (Å²) in [7, 11) is 0. The Labute approximate surface area is 110 Å². The van der Waals surface area contributed by atoms with E-state index in [-0.39, 0.29) is 5.76 Å². The van der Waals surface area contributed by atoms with Crippen molar-refractivity contribution < 1.29 is 14.3 Å². The molecule has 0 amide bonds. The average molecular weight is 253 g/mol. The van der Waals surface area contributed by atoms with E-state index in [0.717, 1.165) is 11.1 Å². The molecule has 0 atom stereocenters. The van der Waals surface area contributed by atoms with Crippen molar-refractivity contribution in [1.29, 1.82) is 5.26 Å². The maximum atomic E-state index is 10.7. The Bertz CT molecular complexity index is 645. The molecule has 1 aromatic heterocycles. The van der Waals surface area contributed by atoms with E-state index in [2.05, 4.69) is 0 Å². The minimum atomic E-state index is -1.08. The van der Waals surface area contributed by atoms with Crippen molar-refractivity contribution in [2.24, 2.45) is 0 Å². The van der Waals surface area contributed by atoms with Gasteiger partial charge in [0.05, 0.1) is 12.5 Å². The number of hydrogen-bond donors (Lipinski definition) is 1. The van der Waals surface area contributed by atoms with Gasteiger partial charge in [0.1, 0.15) is 5.76 Å². The molecule has 0 fully saturated rings. The molecule has 0 saturated carbocycles. The predicted octanol–water partition coefficient (Wildman–Crippen LogP) is 3.57. The number of benzene rings is 1. The maximum absolute atomic E-state index is 10.7. The van der Waals surface area contributed by atoms with Crippen LogP contribution in [0.4, 0.5) is 0 Å². The summed E-state index contributed by atoms with van der Waals surface area (Å²) in [5.41, 5.74) is 1.79. The van der Waals surface area contributed by atoms with Crippen molar-refractivity contribution in [1.82, 2.24) is 0 Å². The highest BCUT2D eigenvalue weighted by Gasteiger charge is 2.09. The Morgan fingerprint density at radius 1 is 1.26 bits per heavy atom. The average Bonchev–Trinajstić information content (AvgIpc) is 2.90. The van der Waals surface area contributed by atoms with Gasteiger partial charge in [0.15, 0.2) is 0 Å². The summed E-state index contributed by atoms with van der Waals surface area (Å²) < 4.78 is 5.21. The fourth-order valence-corrected chi connectivity index (χ4v) is 1.61. The van der Waals surface area contributed by atoms with Crippen LogP contribution in [-0.2, 0) is 0 Å². The van der Waals surface area contributed by atoms with Crippen LogP contribution in [0.5, 0.6) is 0 Å². The third-order valence-corrected chi connectivity index (χ3v) is 2.53. The lowest BCUT2D eigenvalue weighted by Crippen LogP contribution is -1.91. The smallest absolute Gasteiger partial charge is 0.371 e. The molecule has 19 heavy (non-hydrogen) atoms. The number of carboxylic acids is 1. The Morgan fingerprint density at radius 3 is 2.58 bits per heavy atom. The first-order valence-corrected chi connectivity index (χ1v) is 5.68. The fraction of sp³-hybridized carbons (Fsp3) is 0.0667. The van der Waals surface area contributed by atoms with Crippen molar-refractivity contribution in [2.45, 2.75) is 6.42 Å². The van der Waals surface area contributed by atoms with Gasteiger partial charge in [-0.1, -0.05) is 36.4 Å². The summed E-state index contributed by atoms with van der Waals surface area (Å²) in [4.78, 5) is 10.7. The van der Waals surface area contributed by atoms with Crippen molar-refractivity contribution in [3.05, 3.63) is 53.8 Å². The number of nitrogens with zero attached hydrogens (tertiary/aromatic N) is 1. The fourth-order valence-electron chi connectivity index (χ4n) is 1.61. The number of nitriles is 1. The molecule has 0 aliphatic carbocycles. The second kappa shape index (κ2) is 5.69. The molecule has 0 saturated heterocycles. The summed E-state index contributed by atoms with van der Waals surface area (Å²) in [6.45, 7) is 0. The van der Waals surface area contributed by atoms with Crippen LogP contribution in [0, 0.1) is 11.3 Å². The molecule has 0 aliphatic heterocycles. The summed E-state index contributed by atoms with van der Waals surface area (Å²) in [6, 6.07) is 12.5. The largest absolute Gasteiger partial charge is 0.475 e. The van der Waals surface area contributed by atoms with Crippen LogP contribution in [-0.4, -0.2) is 11.1 Å². The van der Waals surface area contributed by atoms with Crippen LogP contribution in [0.2, 0.25) is 0 Å². The Kier molecular flexibility index (Phi) is 3.79. The lowest BCUT2D eigenvalue weighted by molar-refractivity contribution is 0.0663. The van der Waals surface area contributed by atoms with Crippen molar-refractivity contribution in [2.75, 3.05) is 0 Å². The SMILES string of the molecule is N#CCC=Cc1ccc(-c2ccc(C(=O)O)o2)cc1. The van der Waals surface area contributed by atoms with Crippen molar-refractivity contribution in [3.63, 3.8) is 0 Å². The highest BCUT2D eigenvalue weighted by atomic mass is 16.4. The van der Waals surface area contributed by atoms with Crippen molar-refractivity contribution >= 4 is 12.0 Å². The number of aromatic carboxylic acids is 1. The molecule has 1 heterocycles. The molecule has 94 valence electrons. The highest BCUT2D eigenvalue weighted by Crippen LogP contribution is 2.22. The first-order valence-electron chi connectivity index (χ1n) is 5.68. The molecule has 1 N–H and O–H groups in total. The number of furan rings is 1. The van der Waals surface area contributed by atoms with Gasteiger partial charge in [0, 0.05) is 5.56 Å².